The van der Waals surface area contributed by atoms with E-state index in [-0.39, 0.29) is 6.10 Å². The summed E-state index contributed by atoms with van der Waals surface area (Å²) in [6.07, 6.45) is -0.794. The quantitative estimate of drug-likeness (QED) is 0.679. The van der Waals surface area contributed by atoms with Crippen LogP contribution in [0.25, 0.3) is 0 Å². The van der Waals surface area contributed by atoms with Gasteiger partial charge in [0.25, 0.3) is 0 Å². The van der Waals surface area contributed by atoms with E-state index in [9.17, 15) is 0 Å². The van der Waals surface area contributed by atoms with Crippen LogP contribution in [0.3, 0.4) is 0 Å². The van der Waals surface area contributed by atoms with E-state index in [0.29, 0.717) is 18.1 Å². The fourth-order valence-corrected chi connectivity index (χ4v) is 1.88. The van der Waals surface area contributed by atoms with E-state index in [4.69, 9.17) is 23.7 Å². The highest BCUT2D eigenvalue weighted by atomic mass is 16.7. The average Bonchev–Trinajstić information content (AvgIpc) is 2.46. The monoisotopic (exact) mass is 270 g/mol. The largest absolute Gasteiger partial charge is 0.493 e. The van der Waals surface area contributed by atoms with E-state index < -0.39 is 6.29 Å². The molecule has 0 aliphatic heterocycles. The van der Waals surface area contributed by atoms with Gasteiger partial charge in [-0.1, -0.05) is 6.07 Å². The Balaban J connectivity index is 3.03. The fourth-order valence-electron chi connectivity index (χ4n) is 1.88. The fraction of sp³-hybridized carbons (Fsp3) is 0.571. The van der Waals surface area contributed by atoms with Crippen LogP contribution in [0.2, 0.25) is 0 Å². The lowest BCUT2D eigenvalue weighted by Crippen LogP contribution is -2.25. The Morgan fingerprint density at radius 2 is 1.63 bits per heavy atom. The molecular formula is C14H22O5. The molecule has 0 aliphatic rings. The number of hydrogen-bond donors (Lipinski definition) is 0. The molecule has 0 amide bonds. The number of hydrogen-bond acceptors (Lipinski definition) is 5. The molecule has 0 saturated carbocycles. The molecule has 1 rings (SSSR count). The molecule has 0 spiro atoms. The minimum atomic E-state index is -0.465. The van der Waals surface area contributed by atoms with Crippen LogP contribution in [-0.4, -0.2) is 41.3 Å². The molecule has 0 radical (unpaired) electrons. The molecule has 1 aromatic carbocycles. The molecule has 0 saturated heterocycles. The first-order valence-corrected chi connectivity index (χ1v) is 6.10. The summed E-state index contributed by atoms with van der Waals surface area (Å²) in [6, 6.07) is 5.59. The van der Waals surface area contributed by atoms with Gasteiger partial charge < -0.3 is 23.7 Å². The van der Waals surface area contributed by atoms with Crippen LogP contribution >= 0.6 is 0 Å². The molecule has 0 bridgehead atoms. The summed E-state index contributed by atoms with van der Waals surface area (Å²) in [7, 11) is 6.41. The van der Waals surface area contributed by atoms with Gasteiger partial charge >= 0.3 is 0 Å². The Morgan fingerprint density at radius 3 is 2.11 bits per heavy atom. The summed E-state index contributed by atoms with van der Waals surface area (Å²) in [4.78, 5) is 0. The van der Waals surface area contributed by atoms with E-state index in [1.165, 1.54) is 0 Å². The van der Waals surface area contributed by atoms with Crippen LogP contribution in [0.15, 0.2) is 18.2 Å². The van der Waals surface area contributed by atoms with Crippen molar-refractivity contribution in [2.75, 3.05) is 35.0 Å². The first-order valence-electron chi connectivity index (χ1n) is 6.10. The van der Waals surface area contributed by atoms with Crippen molar-refractivity contribution in [2.45, 2.75) is 19.3 Å². The van der Waals surface area contributed by atoms with Crippen LogP contribution in [0.1, 0.15) is 18.6 Å². The third-order valence-corrected chi connectivity index (χ3v) is 2.80. The van der Waals surface area contributed by atoms with E-state index in [0.717, 1.165) is 5.56 Å². The Hall–Kier alpha value is -1.30. The zero-order valence-corrected chi connectivity index (χ0v) is 12.1. The zero-order chi connectivity index (χ0) is 14.3. The number of benzene rings is 1. The summed E-state index contributed by atoms with van der Waals surface area (Å²) in [5.74, 6) is 1.32. The van der Waals surface area contributed by atoms with Crippen LogP contribution in [-0.2, 0) is 14.2 Å². The van der Waals surface area contributed by atoms with Gasteiger partial charge in [0.05, 0.1) is 14.2 Å². The van der Waals surface area contributed by atoms with E-state index in [2.05, 4.69) is 0 Å². The first-order chi connectivity index (χ1) is 9.21. The summed E-state index contributed by atoms with van der Waals surface area (Å²) >= 11 is 0. The summed E-state index contributed by atoms with van der Waals surface area (Å²) in [6.45, 7) is 2.46. The highest BCUT2D eigenvalue weighted by Crippen LogP contribution is 2.32. The van der Waals surface area contributed by atoms with Crippen LogP contribution in [0, 0.1) is 0 Å². The predicted molar refractivity (Wildman–Crippen MR) is 71.7 cm³/mol. The lowest BCUT2D eigenvalue weighted by atomic mass is 10.1. The third-order valence-electron chi connectivity index (χ3n) is 2.80. The second-order valence-electron chi connectivity index (χ2n) is 3.83. The van der Waals surface area contributed by atoms with Gasteiger partial charge in [0.2, 0.25) is 0 Å². The normalized spacial score (nSPS) is 13.9. The second kappa shape index (κ2) is 7.99. The lowest BCUT2D eigenvalue weighted by Gasteiger charge is -2.25. The number of ether oxygens (including phenoxy) is 5. The molecule has 0 aromatic heterocycles. The van der Waals surface area contributed by atoms with Crippen molar-refractivity contribution in [2.24, 2.45) is 0 Å². The van der Waals surface area contributed by atoms with Crippen molar-refractivity contribution < 1.29 is 23.7 Å². The van der Waals surface area contributed by atoms with Crippen molar-refractivity contribution in [3.8, 4) is 11.5 Å². The maximum Gasteiger partial charge on any atom is 0.187 e. The number of methoxy groups -OCH3 is 4. The van der Waals surface area contributed by atoms with Crippen molar-refractivity contribution in [3.63, 3.8) is 0 Å². The zero-order valence-electron chi connectivity index (χ0n) is 12.1. The maximum atomic E-state index is 5.51. The van der Waals surface area contributed by atoms with Crippen LogP contribution in [0.4, 0.5) is 0 Å². The molecule has 5 heteroatoms. The molecule has 5 nitrogen and oxygen atoms in total. The number of rotatable bonds is 8. The standard InChI is InChI=1S/C14H22O5/c1-6-19-14(18-5)13(17-4)10-7-8-11(15-2)12(9-10)16-3/h7-9,13-14H,6H2,1-5H3. The topological polar surface area (TPSA) is 46.2 Å². The minimum absolute atomic E-state index is 0.329. The predicted octanol–water partition coefficient (Wildman–Crippen LogP) is 2.40. The second-order valence-corrected chi connectivity index (χ2v) is 3.83. The summed E-state index contributed by atoms with van der Waals surface area (Å²) < 4.78 is 26.8. The Kier molecular flexibility index (Phi) is 6.62. The van der Waals surface area contributed by atoms with Crippen molar-refractivity contribution in [1.82, 2.24) is 0 Å². The smallest absolute Gasteiger partial charge is 0.187 e. The van der Waals surface area contributed by atoms with Crippen LogP contribution < -0.4 is 9.47 Å². The molecule has 2 unspecified atom stereocenters. The van der Waals surface area contributed by atoms with Crippen molar-refractivity contribution in [1.29, 1.82) is 0 Å². The van der Waals surface area contributed by atoms with Gasteiger partial charge in [-0.3, -0.25) is 0 Å². The van der Waals surface area contributed by atoms with E-state index in [1.807, 2.05) is 25.1 Å². The van der Waals surface area contributed by atoms with Crippen molar-refractivity contribution >= 4 is 0 Å². The molecule has 108 valence electrons. The molecule has 0 fully saturated rings. The first kappa shape index (κ1) is 15.8. The summed E-state index contributed by atoms with van der Waals surface area (Å²) in [5.41, 5.74) is 0.903. The molecule has 19 heavy (non-hydrogen) atoms. The van der Waals surface area contributed by atoms with Crippen molar-refractivity contribution in [3.05, 3.63) is 23.8 Å². The summed E-state index contributed by atoms with van der Waals surface area (Å²) in [5, 5.41) is 0. The van der Waals surface area contributed by atoms with Gasteiger partial charge in [-0.15, -0.1) is 0 Å². The third kappa shape index (κ3) is 3.83. The molecule has 0 aliphatic carbocycles. The average molecular weight is 270 g/mol. The molecule has 2 atom stereocenters. The minimum Gasteiger partial charge on any atom is -0.493 e. The van der Waals surface area contributed by atoms with Crippen LogP contribution in [0.5, 0.6) is 11.5 Å². The highest BCUT2D eigenvalue weighted by Gasteiger charge is 2.24. The van der Waals surface area contributed by atoms with Gasteiger partial charge in [0.15, 0.2) is 17.8 Å². The van der Waals surface area contributed by atoms with Gasteiger partial charge in [0, 0.05) is 20.8 Å². The lowest BCUT2D eigenvalue weighted by molar-refractivity contribution is -0.187. The molecule has 0 N–H and O–H groups in total. The van der Waals surface area contributed by atoms with Gasteiger partial charge in [-0.25, -0.2) is 0 Å². The molecule has 0 heterocycles. The Bertz CT molecular complexity index is 380. The van der Waals surface area contributed by atoms with Gasteiger partial charge in [-0.05, 0) is 24.6 Å². The van der Waals surface area contributed by atoms with E-state index >= 15 is 0 Å². The van der Waals surface area contributed by atoms with Gasteiger partial charge in [0.1, 0.15) is 6.10 Å². The maximum absolute atomic E-state index is 5.51. The van der Waals surface area contributed by atoms with Gasteiger partial charge in [-0.2, -0.15) is 0 Å². The Morgan fingerprint density at radius 1 is 0.947 bits per heavy atom. The van der Waals surface area contributed by atoms with E-state index in [1.54, 1.807) is 28.4 Å². The SMILES string of the molecule is CCOC(OC)C(OC)c1ccc(OC)c(OC)c1. The highest BCUT2D eigenvalue weighted by molar-refractivity contribution is 5.43. The Labute approximate surface area is 114 Å². The molecular weight excluding hydrogens is 248 g/mol. The molecule has 1 aromatic rings.